The Morgan fingerprint density at radius 3 is 2.25 bits per heavy atom. The lowest BCUT2D eigenvalue weighted by atomic mass is 9.86. The van der Waals surface area contributed by atoms with Gasteiger partial charge in [0.25, 0.3) is 0 Å². The molecule has 2 unspecified atom stereocenters. The first-order valence-electron chi connectivity index (χ1n) is 8.28. The molecule has 4 rings (SSSR count). The van der Waals surface area contributed by atoms with Gasteiger partial charge in [-0.3, -0.25) is 0 Å². The Morgan fingerprint density at radius 1 is 1.00 bits per heavy atom. The molecule has 1 fully saturated rings. The van der Waals surface area contributed by atoms with Crippen molar-refractivity contribution in [3.05, 3.63) is 24.3 Å². The molecule has 6 nitrogen and oxygen atoms in total. The second kappa shape index (κ2) is 5.85. The van der Waals surface area contributed by atoms with Crippen LogP contribution in [0.1, 0.15) is 12.8 Å². The van der Waals surface area contributed by atoms with E-state index in [1.165, 1.54) is 0 Å². The van der Waals surface area contributed by atoms with E-state index in [0.29, 0.717) is 35.1 Å². The van der Waals surface area contributed by atoms with Gasteiger partial charge in [-0.1, -0.05) is 12.2 Å². The van der Waals surface area contributed by atoms with Gasteiger partial charge in [-0.2, -0.15) is 4.98 Å². The summed E-state index contributed by atoms with van der Waals surface area (Å²) in [6.45, 7) is 1.99. The first-order chi connectivity index (χ1) is 11.7. The molecule has 0 radical (unpaired) electrons. The van der Waals surface area contributed by atoms with E-state index in [0.717, 1.165) is 36.8 Å². The molecule has 1 aliphatic heterocycles. The van der Waals surface area contributed by atoms with Gasteiger partial charge >= 0.3 is 0 Å². The molecular weight excluding hydrogens is 304 g/mol. The molecule has 1 saturated heterocycles. The summed E-state index contributed by atoms with van der Waals surface area (Å²) in [5, 5.41) is 0.787. The van der Waals surface area contributed by atoms with Crippen LogP contribution < -0.4 is 20.1 Å². The predicted molar refractivity (Wildman–Crippen MR) is 94.6 cm³/mol. The van der Waals surface area contributed by atoms with Crippen molar-refractivity contribution in [1.29, 1.82) is 0 Å². The normalized spacial score (nSPS) is 22.7. The number of anilines is 2. The lowest BCUT2D eigenvalue weighted by Gasteiger charge is -2.18. The highest BCUT2D eigenvalue weighted by Gasteiger charge is 2.34. The lowest BCUT2D eigenvalue weighted by molar-refractivity contribution is 0.356. The summed E-state index contributed by atoms with van der Waals surface area (Å²) >= 11 is 0. The third kappa shape index (κ3) is 2.42. The molecule has 2 heterocycles. The molecule has 0 bridgehead atoms. The van der Waals surface area contributed by atoms with Crippen LogP contribution in [0.5, 0.6) is 11.5 Å². The first-order valence-corrected chi connectivity index (χ1v) is 8.28. The number of aromatic nitrogens is 2. The van der Waals surface area contributed by atoms with Crippen LogP contribution in [0, 0.1) is 11.8 Å². The summed E-state index contributed by atoms with van der Waals surface area (Å²) < 4.78 is 10.7. The van der Waals surface area contributed by atoms with Gasteiger partial charge in [0.1, 0.15) is 5.82 Å². The highest BCUT2D eigenvalue weighted by Crippen LogP contribution is 2.37. The van der Waals surface area contributed by atoms with Crippen molar-refractivity contribution in [2.45, 2.75) is 12.8 Å². The number of nitrogens with two attached hydrogens (primary N) is 1. The topological polar surface area (TPSA) is 73.5 Å². The number of ether oxygens (including phenoxy) is 2. The highest BCUT2D eigenvalue weighted by atomic mass is 16.5. The summed E-state index contributed by atoms with van der Waals surface area (Å²) in [5.74, 6) is 3.85. The Morgan fingerprint density at radius 2 is 1.62 bits per heavy atom. The van der Waals surface area contributed by atoms with E-state index in [1.54, 1.807) is 14.2 Å². The van der Waals surface area contributed by atoms with Gasteiger partial charge in [-0.05, 0) is 30.7 Å². The van der Waals surface area contributed by atoms with E-state index in [2.05, 4.69) is 22.0 Å². The number of methoxy groups -OCH3 is 2. The summed E-state index contributed by atoms with van der Waals surface area (Å²) in [6, 6.07) is 3.70. The molecule has 2 aromatic rings. The number of nitrogen functional groups attached to an aromatic ring is 1. The second-order valence-corrected chi connectivity index (χ2v) is 6.50. The summed E-state index contributed by atoms with van der Waals surface area (Å²) in [4.78, 5) is 11.5. The minimum absolute atomic E-state index is 0.476. The molecule has 2 atom stereocenters. The number of rotatable bonds is 3. The summed E-state index contributed by atoms with van der Waals surface area (Å²) in [7, 11) is 3.22. The van der Waals surface area contributed by atoms with Crippen molar-refractivity contribution in [3.63, 3.8) is 0 Å². The monoisotopic (exact) mass is 326 g/mol. The largest absolute Gasteiger partial charge is 0.493 e. The van der Waals surface area contributed by atoms with Gasteiger partial charge in [0, 0.05) is 24.5 Å². The van der Waals surface area contributed by atoms with Crippen LogP contribution >= 0.6 is 0 Å². The molecular formula is C18H22N4O2. The fourth-order valence-electron chi connectivity index (χ4n) is 3.79. The molecule has 1 aromatic carbocycles. The van der Waals surface area contributed by atoms with Crippen molar-refractivity contribution < 1.29 is 9.47 Å². The van der Waals surface area contributed by atoms with Crippen LogP contribution in [0.15, 0.2) is 24.3 Å². The molecule has 126 valence electrons. The number of benzene rings is 1. The Labute approximate surface area is 141 Å². The zero-order chi connectivity index (χ0) is 16.7. The third-order valence-corrected chi connectivity index (χ3v) is 5.12. The van der Waals surface area contributed by atoms with Crippen LogP contribution in [-0.4, -0.2) is 37.3 Å². The van der Waals surface area contributed by atoms with E-state index in [9.17, 15) is 0 Å². The zero-order valence-corrected chi connectivity index (χ0v) is 14.0. The van der Waals surface area contributed by atoms with Crippen molar-refractivity contribution >= 4 is 22.7 Å². The van der Waals surface area contributed by atoms with Crippen LogP contribution in [0.3, 0.4) is 0 Å². The maximum atomic E-state index is 6.20. The second-order valence-electron chi connectivity index (χ2n) is 6.50. The number of hydrogen-bond acceptors (Lipinski definition) is 6. The van der Waals surface area contributed by atoms with E-state index in [1.807, 2.05) is 12.1 Å². The van der Waals surface area contributed by atoms with Crippen molar-refractivity contribution in [3.8, 4) is 11.5 Å². The van der Waals surface area contributed by atoms with Crippen molar-refractivity contribution in [2.24, 2.45) is 11.8 Å². The predicted octanol–water partition coefficient (Wildman–Crippen LogP) is 2.63. The molecule has 1 aromatic heterocycles. The minimum atomic E-state index is 0.476. The molecule has 24 heavy (non-hydrogen) atoms. The maximum absolute atomic E-state index is 6.20. The fraction of sp³-hybridized carbons (Fsp3) is 0.444. The standard InChI is InChI=1S/C18H22N4O2/c1-23-15-7-13-14(8-16(15)24-2)20-18(21-17(13)19)22-9-11-5-3-4-6-12(11)10-22/h3-4,7-8,11-12H,5-6,9-10H2,1-2H3,(H2,19,20,21). The third-order valence-electron chi connectivity index (χ3n) is 5.12. The van der Waals surface area contributed by atoms with Crippen LogP contribution in [0.4, 0.5) is 11.8 Å². The van der Waals surface area contributed by atoms with Gasteiger partial charge in [-0.25, -0.2) is 4.98 Å². The number of hydrogen-bond donors (Lipinski definition) is 1. The fourth-order valence-corrected chi connectivity index (χ4v) is 3.79. The SMILES string of the molecule is COc1cc2nc(N3CC4CC=CCC4C3)nc(N)c2cc1OC. The Balaban J connectivity index is 1.72. The minimum Gasteiger partial charge on any atom is -0.493 e. The molecule has 0 spiro atoms. The average Bonchev–Trinajstić information content (AvgIpc) is 3.04. The molecule has 0 amide bonds. The summed E-state index contributed by atoms with van der Waals surface area (Å²) in [6.07, 6.45) is 6.87. The molecule has 2 N–H and O–H groups in total. The molecule has 2 aliphatic rings. The average molecular weight is 326 g/mol. The van der Waals surface area contributed by atoms with Crippen LogP contribution in [0.2, 0.25) is 0 Å². The zero-order valence-electron chi connectivity index (χ0n) is 14.0. The maximum Gasteiger partial charge on any atom is 0.227 e. The Bertz CT molecular complexity index is 789. The smallest absolute Gasteiger partial charge is 0.227 e. The van der Waals surface area contributed by atoms with Gasteiger partial charge in [0.15, 0.2) is 11.5 Å². The van der Waals surface area contributed by atoms with Crippen LogP contribution in [-0.2, 0) is 0 Å². The Kier molecular flexibility index (Phi) is 3.67. The number of fused-ring (bicyclic) bond motifs is 2. The lowest BCUT2D eigenvalue weighted by Crippen LogP contribution is -2.22. The van der Waals surface area contributed by atoms with Crippen molar-refractivity contribution in [2.75, 3.05) is 37.9 Å². The van der Waals surface area contributed by atoms with Crippen molar-refractivity contribution in [1.82, 2.24) is 9.97 Å². The molecule has 1 aliphatic carbocycles. The first kappa shape index (κ1) is 15.1. The van der Waals surface area contributed by atoms with Crippen LogP contribution in [0.25, 0.3) is 10.9 Å². The van der Waals surface area contributed by atoms with E-state index >= 15 is 0 Å². The number of nitrogens with zero attached hydrogens (tertiary/aromatic N) is 3. The number of allylic oxidation sites excluding steroid dienone is 2. The Hall–Kier alpha value is -2.50. The highest BCUT2D eigenvalue weighted by molar-refractivity contribution is 5.91. The van der Waals surface area contributed by atoms with Gasteiger partial charge in [-0.15, -0.1) is 0 Å². The van der Waals surface area contributed by atoms with Gasteiger partial charge in [0.2, 0.25) is 5.95 Å². The van der Waals surface area contributed by atoms with E-state index < -0.39 is 0 Å². The van der Waals surface area contributed by atoms with Gasteiger partial charge in [0.05, 0.1) is 19.7 Å². The van der Waals surface area contributed by atoms with E-state index in [-0.39, 0.29) is 0 Å². The van der Waals surface area contributed by atoms with Gasteiger partial charge < -0.3 is 20.1 Å². The van der Waals surface area contributed by atoms with E-state index in [4.69, 9.17) is 20.2 Å². The quantitative estimate of drug-likeness (QED) is 0.874. The molecule has 0 saturated carbocycles. The summed E-state index contributed by atoms with van der Waals surface area (Å²) in [5.41, 5.74) is 6.98. The molecule has 6 heteroatoms.